The Morgan fingerprint density at radius 3 is 1.23 bits per heavy atom. The van der Waals surface area contributed by atoms with Crippen molar-refractivity contribution in [2.75, 3.05) is 10.6 Å². The summed E-state index contributed by atoms with van der Waals surface area (Å²) >= 11 is 0. The van der Waals surface area contributed by atoms with Gasteiger partial charge in [-0.2, -0.15) is 12.2 Å². The molecule has 0 saturated heterocycles. The first kappa shape index (κ1) is 38.0. The molecule has 11 heteroatoms. The van der Waals surface area contributed by atoms with Crippen LogP contribution in [0.1, 0.15) is 12.8 Å². The normalized spacial score (nSPS) is 11.3. The number of hydrogen-bond donors (Lipinski definition) is 2. The molecule has 0 saturated carbocycles. The average molecular weight is 674 g/mol. The maximum atomic E-state index is 13.2. The van der Waals surface area contributed by atoms with E-state index < -0.39 is 35.5 Å². The van der Waals surface area contributed by atoms with E-state index in [-0.39, 0.29) is 33.1 Å². The van der Waals surface area contributed by atoms with E-state index in [1.165, 1.54) is 0 Å². The summed E-state index contributed by atoms with van der Waals surface area (Å²) in [5, 5.41) is 4.30. The minimum Gasteiger partial charge on any atom is -0.411 e. The molecule has 2 amide bonds. The van der Waals surface area contributed by atoms with E-state index in [4.69, 9.17) is 9.47 Å². The molecule has 0 fully saturated rings. The van der Waals surface area contributed by atoms with Crippen molar-refractivity contribution in [3.05, 3.63) is 169 Å². The number of benzene rings is 4. The van der Waals surface area contributed by atoms with E-state index in [9.17, 15) is 27.2 Å². The molecule has 6 nitrogen and oxygen atoms in total. The fourth-order valence-electron chi connectivity index (χ4n) is 3.22. The van der Waals surface area contributed by atoms with Gasteiger partial charge in [-0.1, -0.05) is 36.4 Å². The second kappa shape index (κ2) is 21.5. The van der Waals surface area contributed by atoms with Gasteiger partial charge in [0.25, 0.3) is 0 Å². The van der Waals surface area contributed by atoms with Gasteiger partial charge in [-0.25, -0.2) is 51.5 Å². The molecule has 2 N–H and O–H groups in total. The van der Waals surface area contributed by atoms with Crippen molar-refractivity contribution >= 4 is 23.6 Å². The molecule has 47 heavy (non-hydrogen) atoms. The van der Waals surface area contributed by atoms with Crippen LogP contribution in [0.25, 0.3) is 0 Å². The summed E-state index contributed by atoms with van der Waals surface area (Å²) in [5.41, 5.74) is -0.394. The zero-order chi connectivity index (χ0) is 33.0. The van der Waals surface area contributed by atoms with Crippen molar-refractivity contribution in [2.45, 2.75) is 12.8 Å². The smallest absolute Gasteiger partial charge is 0.411 e. The van der Waals surface area contributed by atoms with Gasteiger partial charge in [0.2, 0.25) is 0 Å². The van der Waals surface area contributed by atoms with Crippen LogP contribution in [-0.2, 0) is 21.7 Å². The van der Waals surface area contributed by atoms with Crippen LogP contribution < -0.4 is 20.1 Å². The van der Waals surface area contributed by atoms with E-state index in [1.54, 1.807) is 72.8 Å². The van der Waals surface area contributed by atoms with Crippen LogP contribution in [0.3, 0.4) is 0 Å². The molecule has 2 aliphatic carbocycles. The summed E-state index contributed by atoms with van der Waals surface area (Å²) < 4.78 is 61.3. The number of nitrogens with one attached hydrogen (secondary N) is 2. The molecular formula is C36H26F4N2O4Ti. The fourth-order valence-corrected chi connectivity index (χ4v) is 3.22. The van der Waals surface area contributed by atoms with E-state index in [0.717, 1.165) is 37.1 Å². The van der Waals surface area contributed by atoms with Crippen LogP contribution >= 0.6 is 0 Å². The molecule has 236 valence electrons. The minimum atomic E-state index is -0.986. The van der Waals surface area contributed by atoms with Gasteiger partial charge < -0.3 is 20.1 Å². The first-order valence-electron chi connectivity index (χ1n) is 13.6. The maximum Gasteiger partial charge on any atom is 4.00 e. The number of carbonyl (C=O) groups is 2. The molecule has 4 aromatic carbocycles. The van der Waals surface area contributed by atoms with Gasteiger partial charge in [0.15, 0.2) is 0 Å². The van der Waals surface area contributed by atoms with Crippen molar-refractivity contribution in [1.29, 1.82) is 0 Å². The Morgan fingerprint density at radius 2 is 0.957 bits per heavy atom. The molecule has 6 rings (SSSR count). The number of rotatable bonds is 4. The third-order valence-corrected chi connectivity index (χ3v) is 5.28. The summed E-state index contributed by atoms with van der Waals surface area (Å²) in [7, 11) is 0. The van der Waals surface area contributed by atoms with Gasteiger partial charge in [-0.15, -0.1) is 49.2 Å². The summed E-state index contributed by atoms with van der Waals surface area (Å²) in [6.45, 7) is 0. The number of hydrogen-bond acceptors (Lipinski definition) is 4. The molecule has 0 bridgehead atoms. The maximum absolute atomic E-state index is 13.2. The summed E-state index contributed by atoms with van der Waals surface area (Å²) in [4.78, 5) is 22.8. The first-order valence-corrected chi connectivity index (χ1v) is 13.6. The van der Waals surface area contributed by atoms with Crippen molar-refractivity contribution in [3.63, 3.8) is 0 Å². The Balaban J connectivity index is 0.000000248. The Morgan fingerprint density at radius 1 is 0.574 bits per heavy atom. The van der Waals surface area contributed by atoms with Crippen molar-refractivity contribution in [2.24, 2.45) is 0 Å². The zero-order valence-corrected chi connectivity index (χ0v) is 26.2. The summed E-state index contributed by atoms with van der Waals surface area (Å²) in [6, 6.07) is 24.4. The van der Waals surface area contributed by atoms with E-state index >= 15 is 0 Å². The van der Waals surface area contributed by atoms with E-state index in [2.05, 4.69) is 34.9 Å². The number of halogens is 4. The van der Waals surface area contributed by atoms with Crippen molar-refractivity contribution < 1.29 is 58.3 Å². The predicted octanol–water partition coefficient (Wildman–Crippen LogP) is 9.36. The van der Waals surface area contributed by atoms with Crippen LogP contribution in [0.2, 0.25) is 0 Å². The number of carbonyl (C=O) groups excluding carboxylic acids is 2. The third-order valence-electron chi connectivity index (χ3n) is 5.28. The molecule has 0 spiro atoms. The molecular weight excluding hydrogens is 648 g/mol. The summed E-state index contributed by atoms with van der Waals surface area (Å²) in [5.74, 6) is -3.01. The SMILES string of the molecule is O=C(Nc1ccc(F)[c-]c1F)Oc1ccccc1.O=C(Nc1ccc(F)[c-]c1F)Oc1ccccc1.[C-]1=CC=CC1.[C-]1=CC=CC1.[Ti+4]. The second-order valence-corrected chi connectivity index (χ2v) is 8.73. The van der Waals surface area contributed by atoms with Gasteiger partial charge in [0.1, 0.15) is 11.5 Å². The quantitative estimate of drug-likeness (QED) is 0.129. The number of amides is 2. The van der Waals surface area contributed by atoms with Gasteiger partial charge >= 0.3 is 33.9 Å². The average Bonchev–Trinajstić information content (AvgIpc) is 3.82. The Bertz CT molecular complexity index is 1540. The zero-order valence-electron chi connectivity index (χ0n) is 24.6. The molecule has 0 heterocycles. The van der Waals surface area contributed by atoms with Gasteiger partial charge in [0, 0.05) is 23.3 Å². The van der Waals surface area contributed by atoms with Crippen LogP contribution in [0.4, 0.5) is 38.5 Å². The van der Waals surface area contributed by atoms with E-state index in [1.807, 2.05) is 24.3 Å². The first-order chi connectivity index (χ1) is 22.3. The standard InChI is InChI=1S/2C13H8F2NO2.2C5H5.Ti/c2*14-9-6-7-12(11(15)8-9)16-13(17)18-10-4-2-1-3-5-10;2*1-2-4-5-3-1;/h2*1-7H,(H,16,17);2*1-3H,4H2;/q4*-1;+4. The molecule has 0 atom stereocenters. The molecule has 0 radical (unpaired) electrons. The van der Waals surface area contributed by atoms with Gasteiger partial charge in [-0.3, -0.25) is 12.2 Å². The summed E-state index contributed by atoms with van der Waals surface area (Å²) in [6.07, 6.45) is 18.3. The van der Waals surface area contributed by atoms with E-state index in [0.29, 0.717) is 11.5 Å². The Kier molecular flexibility index (Phi) is 17.4. The number of anilines is 2. The molecule has 4 aromatic rings. The van der Waals surface area contributed by atoms with Crippen molar-refractivity contribution in [3.8, 4) is 11.5 Å². The van der Waals surface area contributed by atoms with Crippen LogP contribution in [0, 0.1) is 47.6 Å². The second-order valence-electron chi connectivity index (χ2n) is 8.73. The Hall–Kier alpha value is -5.19. The van der Waals surface area contributed by atoms with Gasteiger partial charge in [-0.05, 0) is 35.6 Å². The van der Waals surface area contributed by atoms with Gasteiger partial charge in [0.05, 0.1) is 0 Å². The van der Waals surface area contributed by atoms with Crippen LogP contribution in [0.5, 0.6) is 11.5 Å². The fraction of sp³-hybridized carbons (Fsp3) is 0.0556. The molecule has 0 unspecified atom stereocenters. The predicted molar refractivity (Wildman–Crippen MR) is 166 cm³/mol. The van der Waals surface area contributed by atoms with Crippen LogP contribution in [0.15, 0.2) is 121 Å². The number of allylic oxidation sites excluding steroid dienone is 8. The molecule has 2 aliphatic rings. The largest absolute Gasteiger partial charge is 4.00 e. The minimum absolute atomic E-state index is 0. The monoisotopic (exact) mass is 674 g/mol. The Labute approximate surface area is 285 Å². The number of para-hydroxylation sites is 2. The number of ether oxygens (including phenoxy) is 2. The van der Waals surface area contributed by atoms with Crippen molar-refractivity contribution in [1.82, 2.24) is 0 Å². The molecule has 0 aliphatic heterocycles. The topological polar surface area (TPSA) is 76.7 Å². The molecule has 0 aromatic heterocycles. The third kappa shape index (κ3) is 15.6. The van der Waals surface area contributed by atoms with Crippen LogP contribution in [-0.4, -0.2) is 12.2 Å².